The summed E-state index contributed by atoms with van der Waals surface area (Å²) in [5.41, 5.74) is 1.50. The zero-order chi connectivity index (χ0) is 19.0. The third-order valence-electron chi connectivity index (χ3n) is 7.75. The van der Waals surface area contributed by atoms with Crippen molar-refractivity contribution < 1.29 is 9.84 Å². The maximum atomic E-state index is 10.6. The third-order valence-corrected chi connectivity index (χ3v) is 7.75. The van der Waals surface area contributed by atoms with Gasteiger partial charge >= 0.3 is 0 Å². The van der Waals surface area contributed by atoms with Gasteiger partial charge in [0.15, 0.2) is 0 Å². The molecule has 0 spiro atoms. The molecule has 4 aliphatic carbocycles. The van der Waals surface area contributed by atoms with Gasteiger partial charge in [-0.25, -0.2) is 0 Å². The molecular weight excluding hydrogens is 419 g/mol. The first-order chi connectivity index (χ1) is 13.7. The van der Waals surface area contributed by atoms with Crippen LogP contribution in [0.5, 0.6) is 0 Å². The molecule has 6 rings (SSSR count). The molecule has 1 N–H and O–H groups in total. The van der Waals surface area contributed by atoms with E-state index in [9.17, 15) is 5.11 Å². The first kappa shape index (κ1) is 24.3. The van der Waals surface area contributed by atoms with E-state index in [1.54, 1.807) is 0 Å². The summed E-state index contributed by atoms with van der Waals surface area (Å²) in [7, 11) is 0. The van der Waals surface area contributed by atoms with Gasteiger partial charge in [-0.05, 0) is 61.8 Å². The smallest absolute Gasteiger partial charge is 0.0900 e. The van der Waals surface area contributed by atoms with Crippen molar-refractivity contribution in [1.82, 2.24) is 9.80 Å². The quantitative estimate of drug-likeness (QED) is 0.672. The number of benzene rings is 1. The van der Waals surface area contributed by atoms with Gasteiger partial charge in [-0.15, -0.1) is 24.8 Å². The predicted octanol–water partition coefficient (Wildman–Crippen LogP) is 3.99. The third kappa shape index (κ3) is 5.70. The average Bonchev–Trinajstić information content (AvgIpc) is 2.68. The largest absolute Gasteiger partial charge is 0.389 e. The lowest BCUT2D eigenvalue weighted by Gasteiger charge is -2.56. The van der Waals surface area contributed by atoms with Gasteiger partial charge in [0.2, 0.25) is 0 Å². The summed E-state index contributed by atoms with van der Waals surface area (Å²) >= 11 is 0. The van der Waals surface area contributed by atoms with Gasteiger partial charge in [0.05, 0.1) is 18.3 Å². The highest BCUT2D eigenvalue weighted by Gasteiger charge is 2.51. The molecule has 1 saturated heterocycles. The van der Waals surface area contributed by atoms with Crippen molar-refractivity contribution in [2.75, 3.05) is 39.3 Å². The Kier molecular flexibility index (Phi) is 8.50. The van der Waals surface area contributed by atoms with Crippen molar-refractivity contribution in [2.45, 2.75) is 56.8 Å². The summed E-state index contributed by atoms with van der Waals surface area (Å²) in [5.74, 6) is 2.71. The van der Waals surface area contributed by atoms with Crippen LogP contribution in [0.15, 0.2) is 30.3 Å². The van der Waals surface area contributed by atoms with E-state index in [4.69, 9.17) is 4.74 Å². The summed E-state index contributed by atoms with van der Waals surface area (Å²) in [4.78, 5) is 4.93. The molecule has 0 aromatic heterocycles. The second-order valence-corrected chi connectivity index (χ2v) is 10.1. The molecule has 4 bridgehead atoms. The molecule has 170 valence electrons. The second kappa shape index (κ2) is 10.5. The van der Waals surface area contributed by atoms with E-state index in [1.165, 1.54) is 44.1 Å². The van der Waals surface area contributed by atoms with Crippen LogP contribution in [-0.2, 0) is 11.3 Å². The Hall–Kier alpha value is -0.360. The normalized spacial score (nSPS) is 34.2. The molecule has 1 unspecified atom stereocenters. The van der Waals surface area contributed by atoms with E-state index in [0.29, 0.717) is 6.61 Å². The molecule has 4 nitrogen and oxygen atoms in total. The molecule has 1 heterocycles. The first-order valence-electron chi connectivity index (χ1n) is 11.5. The van der Waals surface area contributed by atoms with E-state index < -0.39 is 0 Å². The molecule has 0 radical (unpaired) electrons. The van der Waals surface area contributed by atoms with Gasteiger partial charge in [-0.3, -0.25) is 9.80 Å². The molecule has 0 amide bonds. The Labute approximate surface area is 194 Å². The second-order valence-electron chi connectivity index (χ2n) is 10.1. The summed E-state index contributed by atoms with van der Waals surface area (Å²) < 4.78 is 6.46. The summed E-state index contributed by atoms with van der Waals surface area (Å²) in [6.07, 6.45) is 7.74. The minimum absolute atomic E-state index is 0. The highest BCUT2D eigenvalue weighted by molar-refractivity contribution is 5.85. The number of piperazine rings is 1. The van der Waals surface area contributed by atoms with Crippen LogP contribution in [0.3, 0.4) is 0 Å². The number of aliphatic hydroxyl groups excluding tert-OH is 1. The number of β-amino-alcohol motifs (C(OH)–C–C–N with tert-alkyl or cyclic N) is 1. The van der Waals surface area contributed by atoms with E-state index in [2.05, 4.69) is 40.1 Å². The maximum Gasteiger partial charge on any atom is 0.0900 e. The molecule has 1 atom stereocenters. The zero-order valence-corrected chi connectivity index (χ0v) is 19.6. The Morgan fingerprint density at radius 2 is 1.40 bits per heavy atom. The van der Waals surface area contributed by atoms with Crippen LogP contribution < -0.4 is 0 Å². The number of aliphatic hydroxyl groups is 1. The van der Waals surface area contributed by atoms with Gasteiger partial charge in [-0.1, -0.05) is 30.3 Å². The molecule has 5 fully saturated rings. The van der Waals surface area contributed by atoms with Gasteiger partial charge in [0.1, 0.15) is 0 Å². The van der Waals surface area contributed by atoms with Crippen molar-refractivity contribution in [2.24, 2.45) is 17.8 Å². The van der Waals surface area contributed by atoms with Gasteiger partial charge in [-0.2, -0.15) is 0 Å². The van der Waals surface area contributed by atoms with Crippen molar-refractivity contribution >= 4 is 24.8 Å². The number of ether oxygens (including phenoxy) is 1. The Balaban J connectivity index is 0.00000128. The Bertz CT molecular complexity index is 617. The molecule has 5 aliphatic rings. The lowest BCUT2D eigenvalue weighted by Crippen LogP contribution is -2.53. The van der Waals surface area contributed by atoms with Gasteiger partial charge in [0.25, 0.3) is 0 Å². The molecule has 1 aromatic carbocycles. The minimum Gasteiger partial charge on any atom is -0.389 e. The van der Waals surface area contributed by atoms with E-state index in [1.807, 2.05) is 0 Å². The molecular formula is C24H38Cl2N2O2. The lowest BCUT2D eigenvalue weighted by molar-refractivity contribution is -0.176. The van der Waals surface area contributed by atoms with Crippen molar-refractivity contribution in [1.29, 1.82) is 0 Å². The fourth-order valence-electron chi connectivity index (χ4n) is 6.80. The molecule has 4 saturated carbocycles. The Morgan fingerprint density at radius 3 is 1.97 bits per heavy atom. The topological polar surface area (TPSA) is 35.9 Å². The maximum absolute atomic E-state index is 10.6. The molecule has 1 aliphatic heterocycles. The number of rotatable bonds is 7. The average molecular weight is 457 g/mol. The molecule has 30 heavy (non-hydrogen) atoms. The summed E-state index contributed by atoms with van der Waals surface area (Å²) in [6, 6.07) is 10.7. The van der Waals surface area contributed by atoms with Crippen LogP contribution in [0.4, 0.5) is 0 Å². The number of nitrogens with zero attached hydrogens (tertiary/aromatic N) is 2. The van der Waals surface area contributed by atoms with Gasteiger partial charge in [0, 0.05) is 39.3 Å². The molecule has 1 aromatic rings. The van der Waals surface area contributed by atoms with Crippen LogP contribution in [-0.4, -0.2) is 65.9 Å². The zero-order valence-electron chi connectivity index (χ0n) is 18.0. The highest BCUT2D eigenvalue weighted by atomic mass is 35.5. The van der Waals surface area contributed by atoms with Crippen molar-refractivity contribution in [3.8, 4) is 0 Å². The fourth-order valence-corrected chi connectivity index (χ4v) is 6.80. The number of hydrogen-bond acceptors (Lipinski definition) is 4. The predicted molar refractivity (Wildman–Crippen MR) is 126 cm³/mol. The standard InChI is InChI=1S/C24H36N2O2.2ClH/c27-23(18-28-24-13-20-10-21(14-24)12-22(11-20)15-24)17-26-8-6-25(7-9-26)16-19-4-2-1-3-5-19;;/h1-5,20-23,27H,6-18H2;2*1H. The monoisotopic (exact) mass is 456 g/mol. The molecule has 6 heteroatoms. The summed E-state index contributed by atoms with van der Waals surface area (Å²) in [6.45, 7) is 6.56. The summed E-state index contributed by atoms with van der Waals surface area (Å²) in [5, 5.41) is 10.6. The van der Waals surface area contributed by atoms with Crippen molar-refractivity contribution in [3.63, 3.8) is 0 Å². The number of halogens is 2. The van der Waals surface area contributed by atoms with Crippen LogP contribution in [0.25, 0.3) is 0 Å². The lowest BCUT2D eigenvalue weighted by atomic mass is 9.54. The van der Waals surface area contributed by atoms with E-state index in [0.717, 1.165) is 57.0 Å². The van der Waals surface area contributed by atoms with Crippen LogP contribution >= 0.6 is 24.8 Å². The minimum atomic E-state index is -0.353. The van der Waals surface area contributed by atoms with E-state index >= 15 is 0 Å². The fraction of sp³-hybridized carbons (Fsp3) is 0.750. The first-order valence-corrected chi connectivity index (χ1v) is 11.5. The Morgan fingerprint density at radius 1 is 0.867 bits per heavy atom. The van der Waals surface area contributed by atoms with Crippen LogP contribution in [0, 0.1) is 17.8 Å². The van der Waals surface area contributed by atoms with Crippen LogP contribution in [0.2, 0.25) is 0 Å². The van der Waals surface area contributed by atoms with Crippen molar-refractivity contribution in [3.05, 3.63) is 35.9 Å². The number of hydrogen-bond donors (Lipinski definition) is 1. The van der Waals surface area contributed by atoms with E-state index in [-0.39, 0.29) is 36.5 Å². The highest BCUT2D eigenvalue weighted by Crippen LogP contribution is 2.57. The SMILES string of the molecule is Cl.Cl.OC(COC12CC3CC(CC(C3)C1)C2)CN1CCN(Cc2ccccc2)CC1. The van der Waals surface area contributed by atoms with Gasteiger partial charge < -0.3 is 9.84 Å². The van der Waals surface area contributed by atoms with Crippen LogP contribution in [0.1, 0.15) is 44.1 Å².